The molecular weight excluding hydrogens is 156 g/mol. The molecule has 4 aliphatic carbocycles. The number of fused-ring (bicyclic) bond motifs is 3. The van der Waals surface area contributed by atoms with Crippen LogP contribution in [0, 0.1) is 16.2 Å². The molecule has 0 aromatic carbocycles. The summed E-state index contributed by atoms with van der Waals surface area (Å²) in [6.07, 6.45) is 7.37. The van der Waals surface area contributed by atoms with Gasteiger partial charge in [0.1, 0.15) is 0 Å². The third kappa shape index (κ3) is 0.303. The van der Waals surface area contributed by atoms with Crippen molar-refractivity contribution in [2.45, 2.75) is 43.9 Å². The van der Waals surface area contributed by atoms with Gasteiger partial charge in [-0.2, -0.15) is 0 Å². The largest absolute Gasteiger partial charge is 0.119 e. The highest BCUT2D eigenvalue weighted by atomic mass is 35.5. The van der Waals surface area contributed by atoms with Crippen LogP contribution in [0.1, 0.15) is 39.0 Å². The van der Waals surface area contributed by atoms with Crippen molar-refractivity contribution in [1.82, 2.24) is 0 Å². The zero-order chi connectivity index (χ0) is 7.54. The molecule has 0 nitrogen and oxygen atoms in total. The molecule has 0 N–H and O–H groups in total. The molecule has 4 rings (SSSR count). The molecule has 0 radical (unpaired) electrons. The minimum atomic E-state index is 0.222. The summed E-state index contributed by atoms with van der Waals surface area (Å²) >= 11 is 6.44. The number of hydrogen-bond acceptors (Lipinski definition) is 0. The minimum absolute atomic E-state index is 0.222. The molecule has 3 spiro atoms. The van der Waals surface area contributed by atoms with E-state index >= 15 is 0 Å². The number of alkyl halides is 1. The van der Waals surface area contributed by atoms with Gasteiger partial charge >= 0.3 is 0 Å². The Hall–Kier alpha value is 0.290. The monoisotopic (exact) mass is 168 g/mol. The Morgan fingerprint density at radius 2 is 1.36 bits per heavy atom. The maximum absolute atomic E-state index is 6.44. The highest BCUT2D eigenvalue weighted by Gasteiger charge is 3.04. The van der Waals surface area contributed by atoms with Gasteiger partial charge in [0.05, 0.1) is 0 Å². The van der Waals surface area contributed by atoms with Crippen molar-refractivity contribution in [3.8, 4) is 0 Å². The number of hydrogen-bond donors (Lipinski definition) is 0. The van der Waals surface area contributed by atoms with E-state index in [1.165, 1.54) is 32.1 Å². The van der Waals surface area contributed by atoms with E-state index < -0.39 is 0 Å². The summed E-state index contributed by atoms with van der Waals surface area (Å²) < 4.78 is 0. The summed E-state index contributed by atoms with van der Waals surface area (Å²) in [4.78, 5) is 0.222. The normalized spacial score (nSPS) is 55.1. The van der Waals surface area contributed by atoms with Crippen LogP contribution in [-0.2, 0) is 0 Å². The minimum Gasteiger partial charge on any atom is -0.119 e. The van der Waals surface area contributed by atoms with Gasteiger partial charge in [-0.3, -0.25) is 0 Å². The molecule has 0 saturated heterocycles. The molecule has 4 aliphatic rings. The van der Waals surface area contributed by atoms with Crippen LogP contribution >= 0.6 is 11.6 Å². The number of halogens is 1. The van der Waals surface area contributed by atoms with Gasteiger partial charge in [0.2, 0.25) is 0 Å². The first-order valence-corrected chi connectivity index (χ1v) is 5.19. The predicted octanol–water partition coefficient (Wildman–Crippen LogP) is 2.95. The Balaban J connectivity index is 1.89. The lowest BCUT2D eigenvalue weighted by atomic mass is 10.2. The fraction of sp³-hybridized carbons (Fsp3) is 1.00. The van der Waals surface area contributed by atoms with E-state index in [0.717, 1.165) is 10.8 Å². The van der Waals surface area contributed by atoms with Crippen molar-refractivity contribution >= 4 is 11.6 Å². The van der Waals surface area contributed by atoms with Crippen molar-refractivity contribution < 1.29 is 0 Å². The Kier molecular flexibility index (Phi) is 0.551. The Bertz CT molecular complexity index is 251. The lowest BCUT2D eigenvalue weighted by Gasteiger charge is -1.95. The van der Waals surface area contributed by atoms with Crippen LogP contribution in [0.2, 0.25) is 0 Å². The summed E-state index contributed by atoms with van der Waals surface area (Å²) in [6.45, 7) is 2.27. The first-order chi connectivity index (χ1) is 5.12. The molecule has 0 aliphatic heterocycles. The third-order valence-corrected chi connectivity index (χ3v) is 5.81. The van der Waals surface area contributed by atoms with Crippen LogP contribution < -0.4 is 0 Å². The lowest BCUT2D eigenvalue weighted by Crippen LogP contribution is -1.97. The molecule has 1 atom stereocenters. The second kappa shape index (κ2) is 1.04. The molecule has 60 valence electrons. The Morgan fingerprint density at radius 3 is 1.45 bits per heavy atom. The van der Waals surface area contributed by atoms with Crippen molar-refractivity contribution in [2.75, 3.05) is 0 Å². The first kappa shape index (κ1) is 5.85. The molecule has 4 fully saturated rings. The summed E-state index contributed by atoms with van der Waals surface area (Å²) in [5.74, 6) is 0. The van der Waals surface area contributed by atoms with Crippen molar-refractivity contribution in [2.24, 2.45) is 16.2 Å². The molecule has 11 heavy (non-hydrogen) atoms. The predicted molar refractivity (Wildman–Crippen MR) is 44.6 cm³/mol. The maximum Gasteiger partial charge on any atom is 0.0492 e. The zero-order valence-electron chi connectivity index (χ0n) is 6.91. The molecule has 1 unspecified atom stereocenters. The van der Waals surface area contributed by atoms with Crippen LogP contribution in [0.5, 0.6) is 0 Å². The maximum atomic E-state index is 6.44. The van der Waals surface area contributed by atoms with E-state index in [0.29, 0.717) is 5.41 Å². The van der Waals surface area contributed by atoms with Gasteiger partial charge < -0.3 is 0 Å². The standard InChI is InChI=1S/C10H13Cl/c1-7(11)6-10(7)8(2-3-8)9(10)4-5-9/h2-6H2,1H3. The van der Waals surface area contributed by atoms with Crippen molar-refractivity contribution in [3.05, 3.63) is 0 Å². The van der Waals surface area contributed by atoms with Gasteiger partial charge in [-0.15, -0.1) is 11.6 Å². The Labute approximate surface area is 72.3 Å². The van der Waals surface area contributed by atoms with E-state index in [1.54, 1.807) is 0 Å². The molecule has 0 aromatic heterocycles. The van der Waals surface area contributed by atoms with E-state index in [-0.39, 0.29) is 4.87 Å². The highest BCUT2D eigenvalue weighted by molar-refractivity contribution is 6.27. The Morgan fingerprint density at radius 1 is 1.00 bits per heavy atom. The highest BCUT2D eigenvalue weighted by Crippen LogP contribution is 3.08. The van der Waals surface area contributed by atoms with Crippen LogP contribution in [-0.4, -0.2) is 4.87 Å². The fourth-order valence-electron chi connectivity index (χ4n) is 4.78. The molecule has 0 heterocycles. The van der Waals surface area contributed by atoms with Gasteiger partial charge in [0, 0.05) is 10.3 Å². The van der Waals surface area contributed by atoms with Crippen LogP contribution in [0.4, 0.5) is 0 Å². The fourth-order valence-corrected chi connectivity index (χ4v) is 5.34. The summed E-state index contributed by atoms with van der Waals surface area (Å²) in [5.41, 5.74) is 2.31. The topological polar surface area (TPSA) is 0 Å². The molecular formula is C10H13Cl. The summed E-state index contributed by atoms with van der Waals surface area (Å²) in [7, 11) is 0. The average Bonchev–Trinajstić information content (AvgIpc) is 2.57. The van der Waals surface area contributed by atoms with Gasteiger partial charge in [-0.05, 0) is 49.9 Å². The van der Waals surface area contributed by atoms with Crippen LogP contribution in [0.15, 0.2) is 0 Å². The zero-order valence-corrected chi connectivity index (χ0v) is 7.67. The van der Waals surface area contributed by atoms with Crippen molar-refractivity contribution in [1.29, 1.82) is 0 Å². The van der Waals surface area contributed by atoms with E-state index in [9.17, 15) is 0 Å². The van der Waals surface area contributed by atoms with E-state index in [2.05, 4.69) is 6.92 Å². The molecule has 0 amide bonds. The smallest absolute Gasteiger partial charge is 0.0492 e. The van der Waals surface area contributed by atoms with Crippen LogP contribution in [0.25, 0.3) is 0 Å². The van der Waals surface area contributed by atoms with Gasteiger partial charge in [-0.25, -0.2) is 0 Å². The van der Waals surface area contributed by atoms with Crippen molar-refractivity contribution in [3.63, 3.8) is 0 Å². The summed E-state index contributed by atoms with van der Waals surface area (Å²) in [5, 5.41) is 0. The van der Waals surface area contributed by atoms with Gasteiger partial charge in [0.15, 0.2) is 0 Å². The average molecular weight is 169 g/mol. The SMILES string of the molecule is CC1(Cl)CC12C1(CC1)C21CC1. The molecule has 4 saturated carbocycles. The van der Waals surface area contributed by atoms with E-state index in [4.69, 9.17) is 11.6 Å². The first-order valence-electron chi connectivity index (χ1n) is 4.81. The summed E-state index contributed by atoms with van der Waals surface area (Å²) in [6, 6.07) is 0. The molecule has 0 bridgehead atoms. The quantitative estimate of drug-likeness (QED) is 0.488. The molecule has 0 aromatic rings. The third-order valence-electron chi connectivity index (χ3n) is 5.35. The number of rotatable bonds is 0. The van der Waals surface area contributed by atoms with E-state index in [1.807, 2.05) is 0 Å². The van der Waals surface area contributed by atoms with Gasteiger partial charge in [0.25, 0.3) is 0 Å². The second-order valence-corrected chi connectivity index (χ2v) is 6.28. The van der Waals surface area contributed by atoms with Crippen LogP contribution in [0.3, 0.4) is 0 Å². The second-order valence-electron chi connectivity index (χ2n) is 5.44. The van der Waals surface area contributed by atoms with Gasteiger partial charge in [-0.1, -0.05) is 0 Å². The lowest BCUT2D eigenvalue weighted by molar-refractivity contribution is 0.661. The molecule has 1 heteroatoms.